The second kappa shape index (κ2) is 7.35. The Kier molecular flexibility index (Phi) is 5.18. The number of carbonyl (C=O) groups excluding carboxylic acids is 1. The van der Waals surface area contributed by atoms with Gasteiger partial charge in [-0.15, -0.1) is 0 Å². The van der Waals surface area contributed by atoms with Crippen molar-refractivity contribution >= 4 is 17.7 Å². The minimum Gasteiger partial charge on any atom is -0.322 e. The maximum absolute atomic E-state index is 13.0. The number of amides is 1. The summed E-state index contributed by atoms with van der Waals surface area (Å²) in [6.45, 7) is 2.75. The van der Waals surface area contributed by atoms with Gasteiger partial charge >= 0.3 is 0 Å². The Morgan fingerprint density at radius 1 is 1.32 bits per heavy atom. The molecule has 1 aromatic carbocycles. The number of para-hydroxylation sites is 1. The van der Waals surface area contributed by atoms with E-state index in [1.807, 2.05) is 11.0 Å². The quantitative estimate of drug-likeness (QED) is 0.656. The van der Waals surface area contributed by atoms with Crippen LogP contribution in [0.15, 0.2) is 30.3 Å². The summed E-state index contributed by atoms with van der Waals surface area (Å²) >= 11 is 0. The van der Waals surface area contributed by atoms with E-state index in [9.17, 15) is 14.9 Å². The van der Waals surface area contributed by atoms with Gasteiger partial charge in [0, 0.05) is 12.6 Å². The number of nitro groups is 1. The highest BCUT2D eigenvalue weighted by molar-refractivity contribution is 5.89. The second-order valence-electron chi connectivity index (χ2n) is 6.91. The standard InChI is InChI=1S/C19H25N3O3/c1-2-14-21-17(20-19(18(21)23)12-6-3-7-13-19)11-10-15-8-4-5-9-16(15)22(24)25/h4-5,8-11,17,20H,2-3,6-7,12-14H2,1H3/b11-10+. The van der Waals surface area contributed by atoms with Crippen molar-refractivity contribution in [2.24, 2.45) is 0 Å². The van der Waals surface area contributed by atoms with Gasteiger partial charge in [0.15, 0.2) is 0 Å². The molecule has 1 saturated heterocycles. The lowest BCUT2D eigenvalue weighted by Gasteiger charge is -2.31. The zero-order chi connectivity index (χ0) is 17.9. The van der Waals surface area contributed by atoms with Gasteiger partial charge in [-0.1, -0.05) is 38.3 Å². The normalized spacial score (nSPS) is 22.8. The van der Waals surface area contributed by atoms with Crippen LogP contribution in [0, 0.1) is 10.1 Å². The Morgan fingerprint density at radius 3 is 2.72 bits per heavy atom. The largest absolute Gasteiger partial charge is 0.322 e. The van der Waals surface area contributed by atoms with E-state index in [-0.39, 0.29) is 22.7 Å². The van der Waals surface area contributed by atoms with Crippen LogP contribution in [0.25, 0.3) is 6.08 Å². The predicted molar refractivity (Wildman–Crippen MR) is 96.9 cm³/mol. The number of carbonyl (C=O) groups is 1. The van der Waals surface area contributed by atoms with Gasteiger partial charge in [-0.05, 0) is 37.5 Å². The number of hydrogen-bond donors (Lipinski definition) is 1. The van der Waals surface area contributed by atoms with Crippen LogP contribution in [-0.2, 0) is 4.79 Å². The van der Waals surface area contributed by atoms with E-state index >= 15 is 0 Å². The molecule has 1 aliphatic carbocycles. The first-order valence-electron chi connectivity index (χ1n) is 9.08. The molecule has 0 aromatic heterocycles. The van der Waals surface area contributed by atoms with Gasteiger partial charge < -0.3 is 4.90 Å². The molecule has 0 radical (unpaired) electrons. The molecule has 134 valence electrons. The maximum Gasteiger partial charge on any atom is 0.276 e. The molecule has 2 fully saturated rings. The Hall–Kier alpha value is -2.21. The first-order valence-corrected chi connectivity index (χ1v) is 9.08. The van der Waals surface area contributed by atoms with Gasteiger partial charge in [0.1, 0.15) is 6.17 Å². The zero-order valence-electron chi connectivity index (χ0n) is 14.6. The fourth-order valence-corrected chi connectivity index (χ4v) is 3.96. The van der Waals surface area contributed by atoms with E-state index in [4.69, 9.17) is 0 Å². The van der Waals surface area contributed by atoms with Gasteiger partial charge in [-0.25, -0.2) is 0 Å². The van der Waals surface area contributed by atoms with Crippen molar-refractivity contribution < 1.29 is 9.72 Å². The Morgan fingerprint density at radius 2 is 2.04 bits per heavy atom. The van der Waals surface area contributed by atoms with Gasteiger partial charge in [-0.3, -0.25) is 20.2 Å². The molecule has 3 rings (SSSR count). The number of nitrogens with zero attached hydrogens (tertiary/aromatic N) is 2. The van der Waals surface area contributed by atoms with Crippen LogP contribution < -0.4 is 5.32 Å². The molecule has 1 heterocycles. The zero-order valence-corrected chi connectivity index (χ0v) is 14.6. The van der Waals surface area contributed by atoms with Gasteiger partial charge in [0.05, 0.1) is 16.0 Å². The molecule has 0 bridgehead atoms. The minimum absolute atomic E-state index is 0.0810. The van der Waals surface area contributed by atoms with Crippen LogP contribution in [0.4, 0.5) is 5.69 Å². The predicted octanol–water partition coefficient (Wildman–Crippen LogP) is 3.48. The summed E-state index contributed by atoms with van der Waals surface area (Å²) in [5, 5.41) is 14.7. The van der Waals surface area contributed by atoms with E-state index in [1.165, 1.54) is 12.5 Å². The summed E-state index contributed by atoms with van der Waals surface area (Å²) in [6.07, 6.45) is 9.40. The van der Waals surface area contributed by atoms with E-state index in [1.54, 1.807) is 24.3 Å². The molecule has 2 aliphatic rings. The number of nitrogens with one attached hydrogen (secondary N) is 1. The molecule has 1 spiro atoms. The third kappa shape index (κ3) is 3.44. The van der Waals surface area contributed by atoms with Crippen LogP contribution in [0.1, 0.15) is 51.0 Å². The highest BCUT2D eigenvalue weighted by atomic mass is 16.6. The molecule has 6 heteroatoms. The van der Waals surface area contributed by atoms with Crippen molar-refractivity contribution in [2.75, 3.05) is 6.54 Å². The number of rotatable bonds is 5. The molecule has 6 nitrogen and oxygen atoms in total. The summed E-state index contributed by atoms with van der Waals surface area (Å²) in [7, 11) is 0. The highest BCUT2D eigenvalue weighted by Crippen LogP contribution is 2.35. The van der Waals surface area contributed by atoms with Crippen LogP contribution in [0.5, 0.6) is 0 Å². The Labute approximate surface area is 148 Å². The van der Waals surface area contributed by atoms with Gasteiger partial charge in [-0.2, -0.15) is 0 Å². The number of benzene rings is 1. The third-order valence-corrected chi connectivity index (χ3v) is 5.19. The molecule has 1 saturated carbocycles. The molecular formula is C19H25N3O3. The minimum atomic E-state index is -0.439. The van der Waals surface area contributed by atoms with Crippen molar-refractivity contribution in [3.63, 3.8) is 0 Å². The third-order valence-electron chi connectivity index (χ3n) is 5.19. The van der Waals surface area contributed by atoms with Gasteiger partial charge in [0.2, 0.25) is 5.91 Å². The number of hydrogen-bond acceptors (Lipinski definition) is 4. The lowest BCUT2D eigenvalue weighted by Crippen LogP contribution is -2.48. The summed E-state index contributed by atoms with van der Waals surface area (Å²) < 4.78 is 0. The lowest BCUT2D eigenvalue weighted by molar-refractivity contribution is -0.385. The summed E-state index contributed by atoms with van der Waals surface area (Å²) in [4.78, 5) is 25.7. The SMILES string of the molecule is CCCN1C(=O)C2(CCCCC2)NC1/C=C/c1ccccc1[N+](=O)[O-]. The molecule has 1 aromatic rings. The van der Waals surface area contributed by atoms with E-state index in [0.29, 0.717) is 12.1 Å². The molecule has 1 N–H and O–H groups in total. The van der Waals surface area contributed by atoms with Crippen molar-refractivity contribution in [2.45, 2.75) is 57.2 Å². The van der Waals surface area contributed by atoms with Crippen LogP contribution in [0.2, 0.25) is 0 Å². The van der Waals surface area contributed by atoms with Crippen molar-refractivity contribution in [3.8, 4) is 0 Å². The van der Waals surface area contributed by atoms with E-state index < -0.39 is 5.54 Å². The Balaban J connectivity index is 1.85. The second-order valence-corrected chi connectivity index (χ2v) is 6.91. The molecular weight excluding hydrogens is 318 g/mol. The van der Waals surface area contributed by atoms with Crippen LogP contribution in [0.3, 0.4) is 0 Å². The van der Waals surface area contributed by atoms with E-state index in [0.717, 1.165) is 32.1 Å². The van der Waals surface area contributed by atoms with Crippen molar-refractivity contribution in [1.82, 2.24) is 10.2 Å². The lowest BCUT2D eigenvalue weighted by atomic mass is 9.81. The number of nitro benzene ring substituents is 1. The molecule has 1 aliphatic heterocycles. The van der Waals surface area contributed by atoms with Gasteiger partial charge in [0.25, 0.3) is 5.69 Å². The first-order chi connectivity index (χ1) is 12.1. The van der Waals surface area contributed by atoms with Crippen molar-refractivity contribution in [1.29, 1.82) is 0 Å². The summed E-state index contributed by atoms with van der Waals surface area (Å²) in [6, 6.07) is 6.67. The van der Waals surface area contributed by atoms with Crippen molar-refractivity contribution in [3.05, 3.63) is 46.0 Å². The van der Waals surface area contributed by atoms with E-state index in [2.05, 4.69) is 12.2 Å². The van der Waals surface area contributed by atoms with Crippen LogP contribution in [-0.4, -0.2) is 34.0 Å². The fraction of sp³-hybridized carbons (Fsp3) is 0.526. The average molecular weight is 343 g/mol. The molecule has 1 amide bonds. The average Bonchev–Trinajstić information content (AvgIpc) is 2.86. The maximum atomic E-state index is 13.0. The molecule has 25 heavy (non-hydrogen) atoms. The smallest absolute Gasteiger partial charge is 0.276 e. The highest BCUT2D eigenvalue weighted by Gasteiger charge is 2.50. The summed E-state index contributed by atoms with van der Waals surface area (Å²) in [5.41, 5.74) is 0.200. The first kappa shape index (κ1) is 17.6. The monoisotopic (exact) mass is 343 g/mol. The molecule has 1 unspecified atom stereocenters. The summed E-state index contributed by atoms with van der Waals surface area (Å²) in [5.74, 6) is 0.186. The van der Waals surface area contributed by atoms with Crippen LogP contribution >= 0.6 is 0 Å². The fourth-order valence-electron chi connectivity index (χ4n) is 3.96. The Bertz CT molecular complexity index is 680. The topological polar surface area (TPSA) is 75.5 Å². The molecule has 1 atom stereocenters.